The highest BCUT2D eigenvalue weighted by Gasteiger charge is 2.34. The van der Waals surface area contributed by atoms with Crippen LogP contribution in [0, 0.1) is 0 Å². The molecule has 1 aromatic rings. The van der Waals surface area contributed by atoms with Crippen molar-refractivity contribution in [3.8, 4) is 0 Å². The van der Waals surface area contributed by atoms with Gasteiger partial charge in [-0.15, -0.1) is 0 Å². The first-order valence-electron chi connectivity index (χ1n) is 6.23. The molecular weight excluding hydrogens is 264 g/mol. The minimum absolute atomic E-state index is 0.290. The molecule has 19 heavy (non-hydrogen) atoms. The highest BCUT2D eigenvalue weighted by molar-refractivity contribution is 7.89. The monoisotopic (exact) mass is 284 g/mol. The molecule has 0 spiro atoms. The lowest BCUT2D eigenvalue weighted by atomic mass is 10.1. The highest BCUT2D eigenvalue weighted by atomic mass is 32.2. The van der Waals surface area contributed by atoms with Crippen molar-refractivity contribution in [3.63, 3.8) is 0 Å². The van der Waals surface area contributed by atoms with E-state index in [2.05, 4.69) is 0 Å². The van der Waals surface area contributed by atoms with Crippen molar-refractivity contribution in [1.29, 1.82) is 0 Å². The molecule has 0 radical (unpaired) electrons. The molecule has 0 amide bonds. The lowest BCUT2D eigenvalue weighted by Gasteiger charge is -2.24. The standard InChI is InChI=1S/C13H20N2O3S/c1-13(16)8-9-15(10-13)11-6-4-5-7-12(11)19(17,18)14(2)3/h4-7,16H,8-10H2,1-3H3. The number of anilines is 1. The first kappa shape index (κ1) is 14.3. The fourth-order valence-electron chi connectivity index (χ4n) is 2.28. The van der Waals surface area contributed by atoms with Crippen molar-refractivity contribution >= 4 is 15.7 Å². The summed E-state index contributed by atoms with van der Waals surface area (Å²) < 4.78 is 25.8. The molecule has 1 unspecified atom stereocenters. The molecule has 1 saturated heterocycles. The van der Waals surface area contributed by atoms with Crippen molar-refractivity contribution in [2.24, 2.45) is 0 Å². The number of sulfonamides is 1. The van der Waals surface area contributed by atoms with E-state index in [9.17, 15) is 13.5 Å². The molecular formula is C13H20N2O3S. The van der Waals surface area contributed by atoms with E-state index in [0.717, 1.165) is 0 Å². The summed E-state index contributed by atoms with van der Waals surface area (Å²) in [5.41, 5.74) is -0.0939. The second-order valence-electron chi connectivity index (χ2n) is 5.42. The van der Waals surface area contributed by atoms with Gasteiger partial charge in [0.1, 0.15) is 4.90 Å². The van der Waals surface area contributed by atoms with Crippen molar-refractivity contribution in [1.82, 2.24) is 4.31 Å². The van der Waals surface area contributed by atoms with Crippen LogP contribution in [-0.4, -0.2) is 50.6 Å². The van der Waals surface area contributed by atoms with Crippen LogP contribution in [0.5, 0.6) is 0 Å². The van der Waals surface area contributed by atoms with Crippen LogP contribution in [0.4, 0.5) is 5.69 Å². The number of β-amino-alcohol motifs (C(OH)–C–C–N with tert-alkyl or cyclic N) is 1. The molecule has 0 saturated carbocycles. The number of para-hydroxylation sites is 1. The van der Waals surface area contributed by atoms with Gasteiger partial charge in [0.2, 0.25) is 10.0 Å². The Labute approximate surface area is 114 Å². The molecule has 0 aromatic heterocycles. The van der Waals surface area contributed by atoms with Crippen LogP contribution >= 0.6 is 0 Å². The lowest BCUT2D eigenvalue weighted by molar-refractivity contribution is 0.0839. The minimum atomic E-state index is -3.47. The second kappa shape index (κ2) is 4.77. The predicted molar refractivity (Wildman–Crippen MR) is 74.8 cm³/mol. The summed E-state index contributed by atoms with van der Waals surface area (Å²) in [6.45, 7) is 2.88. The Balaban J connectivity index is 2.44. The third-order valence-corrected chi connectivity index (χ3v) is 5.28. The summed E-state index contributed by atoms with van der Waals surface area (Å²) in [5, 5.41) is 10.0. The first-order valence-corrected chi connectivity index (χ1v) is 7.67. The topological polar surface area (TPSA) is 60.9 Å². The molecule has 1 aliphatic rings. The fourth-order valence-corrected chi connectivity index (χ4v) is 3.39. The SMILES string of the molecule is CN(C)S(=O)(=O)c1ccccc1N1CCC(C)(O)C1. The maximum Gasteiger partial charge on any atom is 0.244 e. The highest BCUT2D eigenvalue weighted by Crippen LogP contribution is 2.32. The third kappa shape index (κ3) is 2.75. The van der Waals surface area contributed by atoms with Crippen LogP contribution in [0.3, 0.4) is 0 Å². The smallest absolute Gasteiger partial charge is 0.244 e. The van der Waals surface area contributed by atoms with Gasteiger partial charge in [-0.3, -0.25) is 0 Å². The Morgan fingerprint density at radius 2 is 1.95 bits per heavy atom. The lowest BCUT2D eigenvalue weighted by Crippen LogP contribution is -2.31. The molecule has 5 nitrogen and oxygen atoms in total. The summed E-state index contributed by atoms with van der Waals surface area (Å²) in [5.74, 6) is 0. The summed E-state index contributed by atoms with van der Waals surface area (Å²) in [6.07, 6.45) is 0.642. The predicted octanol–water partition coefficient (Wildman–Crippen LogP) is 0.898. The second-order valence-corrected chi connectivity index (χ2v) is 7.54. The van der Waals surface area contributed by atoms with Gasteiger partial charge in [-0.2, -0.15) is 0 Å². The van der Waals surface area contributed by atoms with E-state index >= 15 is 0 Å². The van der Waals surface area contributed by atoms with Crippen molar-refractivity contribution in [3.05, 3.63) is 24.3 Å². The largest absolute Gasteiger partial charge is 0.388 e. The molecule has 0 aliphatic carbocycles. The van der Waals surface area contributed by atoms with Gasteiger partial charge in [0, 0.05) is 27.2 Å². The third-order valence-electron chi connectivity index (χ3n) is 3.42. The summed E-state index contributed by atoms with van der Waals surface area (Å²) in [4.78, 5) is 2.22. The zero-order chi connectivity index (χ0) is 14.3. The number of benzene rings is 1. The van der Waals surface area contributed by atoms with Crippen LogP contribution in [-0.2, 0) is 10.0 Å². The van der Waals surface area contributed by atoms with Gasteiger partial charge in [0.05, 0.1) is 11.3 Å². The summed E-state index contributed by atoms with van der Waals surface area (Å²) in [7, 11) is -0.432. The quantitative estimate of drug-likeness (QED) is 0.896. The number of nitrogens with zero attached hydrogens (tertiary/aromatic N) is 2. The average Bonchev–Trinajstić information content (AvgIpc) is 2.69. The van der Waals surface area contributed by atoms with E-state index in [-0.39, 0.29) is 4.90 Å². The van der Waals surface area contributed by atoms with Gasteiger partial charge in [-0.1, -0.05) is 12.1 Å². The Morgan fingerprint density at radius 3 is 2.47 bits per heavy atom. The van der Waals surface area contributed by atoms with Gasteiger partial charge in [0.15, 0.2) is 0 Å². The van der Waals surface area contributed by atoms with Crippen molar-refractivity contribution in [2.45, 2.75) is 23.8 Å². The Morgan fingerprint density at radius 1 is 1.32 bits per heavy atom. The maximum absolute atomic E-state index is 12.3. The number of hydrogen-bond donors (Lipinski definition) is 1. The average molecular weight is 284 g/mol. The Kier molecular flexibility index (Phi) is 3.59. The Hall–Kier alpha value is -1.11. The van der Waals surface area contributed by atoms with E-state index in [4.69, 9.17) is 0 Å². The van der Waals surface area contributed by atoms with E-state index < -0.39 is 15.6 Å². The van der Waals surface area contributed by atoms with E-state index in [1.807, 2.05) is 11.0 Å². The molecule has 1 aliphatic heterocycles. The molecule has 1 heterocycles. The number of hydrogen-bond acceptors (Lipinski definition) is 4. The molecule has 0 bridgehead atoms. The van der Waals surface area contributed by atoms with Gasteiger partial charge in [-0.25, -0.2) is 12.7 Å². The van der Waals surface area contributed by atoms with E-state index in [1.165, 1.54) is 18.4 Å². The molecule has 1 fully saturated rings. The van der Waals surface area contributed by atoms with Gasteiger partial charge >= 0.3 is 0 Å². The van der Waals surface area contributed by atoms with Gasteiger partial charge in [-0.05, 0) is 25.5 Å². The Bertz CT molecular complexity index is 567. The molecule has 2 rings (SSSR count). The zero-order valence-electron chi connectivity index (χ0n) is 11.5. The van der Waals surface area contributed by atoms with E-state index in [1.54, 1.807) is 25.1 Å². The summed E-state index contributed by atoms with van der Waals surface area (Å²) in [6, 6.07) is 6.93. The minimum Gasteiger partial charge on any atom is -0.388 e. The van der Waals surface area contributed by atoms with Gasteiger partial charge in [0.25, 0.3) is 0 Å². The normalized spacial score (nSPS) is 24.2. The number of aliphatic hydroxyl groups is 1. The molecule has 6 heteroatoms. The number of rotatable bonds is 3. The van der Waals surface area contributed by atoms with Crippen LogP contribution in [0.1, 0.15) is 13.3 Å². The van der Waals surface area contributed by atoms with Crippen molar-refractivity contribution < 1.29 is 13.5 Å². The van der Waals surface area contributed by atoms with E-state index in [0.29, 0.717) is 25.2 Å². The first-order chi connectivity index (χ1) is 8.74. The summed E-state index contributed by atoms with van der Waals surface area (Å²) >= 11 is 0. The molecule has 106 valence electrons. The van der Waals surface area contributed by atoms with Gasteiger partial charge < -0.3 is 10.0 Å². The maximum atomic E-state index is 12.3. The van der Waals surface area contributed by atoms with Crippen LogP contribution in [0.15, 0.2) is 29.2 Å². The molecule has 1 atom stereocenters. The molecule has 1 N–H and O–H groups in total. The fraction of sp³-hybridized carbons (Fsp3) is 0.538. The zero-order valence-corrected chi connectivity index (χ0v) is 12.3. The van der Waals surface area contributed by atoms with Crippen molar-refractivity contribution in [2.75, 3.05) is 32.1 Å². The van der Waals surface area contributed by atoms with Crippen LogP contribution in [0.25, 0.3) is 0 Å². The van der Waals surface area contributed by atoms with Crippen LogP contribution in [0.2, 0.25) is 0 Å². The molecule has 1 aromatic carbocycles. The van der Waals surface area contributed by atoms with Crippen LogP contribution < -0.4 is 4.90 Å².